The lowest BCUT2D eigenvalue weighted by Crippen LogP contribution is -2.41. The molecule has 0 fully saturated rings. The van der Waals surface area contributed by atoms with Crippen molar-refractivity contribution in [3.8, 4) is 11.3 Å². The average molecular weight is 298 g/mol. The predicted octanol–water partition coefficient (Wildman–Crippen LogP) is 5.12. The van der Waals surface area contributed by atoms with Crippen molar-refractivity contribution >= 4 is 13.3 Å². The first kappa shape index (κ1) is 16.0. The number of rotatable bonds is 4. The van der Waals surface area contributed by atoms with Gasteiger partial charge in [-0.2, -0.15) is 0 Å². The van der Waals surface area contributed by atoms with E-state index in [4.69, 9.17) is 4.98 Å². The number of nitrogens with zero attached hydrogens (tertiary/aromatic N) is 1. The molecule has 1 aromatic carbocycles. The predicted molar refractivity (Wildman–Crippen MR) is 96.1 cm³/mol. The summed E-state index contributed by atoms with van der Waals surface area (Å²) in [4.78, 5) is 4.76. The minimum absolute atomic E-state index is 0.596. The Morgan fingerprint density at radius 2 is 1.71 bits per heavy atom. The first-order chi connectivity index (χ1) is 9.82. The summed E-state index contributed by atoms with van der Waals surface area (Å²) in [5.74, 6) is 0.596. The first-order valence-electron chi connectivity index (χ1n) is 7.90. The summed E-state index contributed by atoms with van der Waals surface area (Å²) in [5, 5.41) is 1.51. The third kappa shape index (κ3) is 3.62. The molecule has 0 radical (unpaired) electrons. The molecule has 2 rings (SSSR count). The molecule has 0 aliphatic rings. The van der Waals surface area contributed by atoms with E-state index in [0.717, 1.165) is 5.69 Å². The van der Waals surface area contributed by atoms with Crippen LogP contribution in [0.25, 0.3) is 11.3 Å². The smallest absolute Gasteiger partial charge is 0.0799 e. The molecule has 112 valence electrons. The number of hydrogen-bond donors (Lipinski definition) is 0. The van der Waals surface area contributed by atoms with Crippen LogP contribution in [0.3, 0.4) is 0 Å². The van der Waals surface area contributed by atoms with Gasteiger partial charge in [-0.05, 0) is 36.1 Å². The number of pyridine rings is 1. The summed E-state index contributed by atoms with van der Waals surface area (Å²) >= 11 is 0. The van der Waals surface area contributed by atoms with E-state index in [2.05, 4.69) is 76.9 Å². The van der Waals surface area contributed by atoms with Crippen molar-refractivity contribution in [1.82, 2.24) is 4.98 Å². The first-order valence-corrected chi connectivity index (χ1v) is 11.4. The zero-order chi connectivity index (χ0) is 15.6. The molecular formula is C19H27NSi. The highest BCUT2D eigenvalue weighted by atomic mass is 28.3. The van der Waals surface area contributed by atoms with Crippen molar-refractivity contribution < 1.29 is 0 Å². The fraction of sp³-hybridized carbons (Fsp3) is 0.421. The summed E-state index contributed by atoms with van der Waals surface area (Å²) in [6.07, 6.45) is 3.32. The third-order valence-corrected chi connectivity index (χ3v) is 6.27. The van der Waals surface area contributed by atoms with Crippen molar-refractivity contribution in [2.45, 2.75) is 52.8 Å². The molecule has 21 heavy (non-hydrogen) atoms. The van der Waals surface area contributed by atoms with E-state index in [9.17, 15) is 0 Å². The molecule has 0 bridgehead atoms. The van der Waals surface area contributed by atoms with E-state index in [0.29, 0.717) is 5.92 Å². The maximum absolute atomic E-state index is 4.76. The van der Waals surface area contributed by atoms with Gasteiger partial charge in [-0.15, -0.1) is 0 Å². The van der Waals surface area contributed by atoms with Gasteiger partial charge in [-0.3, -0.25) is 4.98 Å². The maximum atomic E-state index is 4.76. The lowest BCUT2D eigenvalue weighted by Gasteiger charge is -2.24. The topological polar surface area (TPSA) is 12.9 Å². The lowest BCUT2D eigenvalue weighted by molar-refractivity contribution is 0.736. The summed E-state index contributed by atoms with van der Waals surface area (Å²) < 4.78 is 0. The molecule has 0 saturated heterocycles. The number of aryl methyl sites for hydroxylation is 1. The summed E-state index contributed by atoms with van der Waals surface area (Å²) in [7, 11) is -1.35. The number of aromatic nitrogens is 1. The van der Waals surface area contributed by atoms with Crippen molar-refractivity contribution in [2.75, 3.05) is 0 Å². The average Bonchev–Trinajstić information content (AvgIpc) is 2.45. The van der Waals surface area contributed by atoms with E-state index in [-0.39, 0.29) is 0 Å². The van der Waals surface area contributed by atoms with Gasteiger partial charge in [0.15, 0.2) is 0 Å². The fourth-order valence-electron chi connectivity index (χ4n) is 2.61. The van der Waals surface area contributed by atoms with E-state index < -0.39 is 8.07 Å². The molecule has 2 heteroatoms. The van der Waals surface area contributed by atoms with Crippen LogP contribution in [0.5, 0.6) is 0 Å². The molecule has 0 aliphatic heterocycles. The van der Waals surface area contributed by atoms with Gasteiger partial charge >= 0.3 is 0 Å². The molecule has 0 amide bonds. The molecule has 0 saturated carbocycles. The standard InChI is InChI=1S/C19H27NSi/c1-7-15(3)17-12-18(16-10-8-14(2)9-11-16)20-13-19(17)21(4,5)6/h8-13,15H,7H2,1-6H3. The molecule has 0 aliphatic carbocycles. The molecular weight excluding hydrogens is 270 g/mol. The fourth-order valence-corrected chi connectivity index (χ4v) is 4.24. The van der Waals surface area contributed by atoms with Gasteiger partial charge in [0, 0.05) is 11.8 Å². The zero-order valence-electron chi connectivity index (χ0n) is 14.2. The molecule has 0 spiro atoms. The van der Waals surface area contributed by atoms with Gasteiger partial charge in [0.25, 0.3) is 0 Å². The highest BCUT2D eigenvalue weighted by Crippen LogP contribution is 2.25. The monoisotopic (exact) mass is 297 g/mol. The van der Waals surface area contributed by atoms with Gasteiger partial charge in [0.2, 0.25) is 0 Å². The second-order valence-corrected chi connectivity index (χ2v) is 12.1. The molecule has 2 aromatic rings. The van der Waals surface area contributed by atoms with Gasteiger partial charge in [0.1, 0.15) is 0 Å². The van der Waals surface area contributed by atoms with Crippen LogP contribution in [0, 0.1) is 6.92 Å². The third-order valence-electron chi connectivity index (χ3n) is 4.23. The largest absolute Gasteiger partial charge is 0.256 e. The van der Waals surface area contributed by atoms with Crippen LogP contribution >= 0.6 is 0 Å². The van der Waals surface area contributed by atoms with Crippen LogP contribution in [0.1, 0.15) is 37.3 Å². The Balaban J connectivity index is 2.54. The quantitative estimate of drug-likeness (QED) is 0.714. The Hall–Kier alpha value is -1.41. The van der Waals surface area contributed by atoms with Crippen LogP contribution in [0.2, 0.25) is 19.6 Å². The van der Waals surface area contributed by atoms with Crippen LogP contribution in [-0.2, 0) is 0 Å². The summed E-state index contributed by atoms with van der Waals surface area (Å²) in [6, 6.07) is 11.0. The Kier molecular flexibility index (Phi) is 4.67. The summed E-state index contributed by atoms with van der Waals surface area (Å²) in [5.41, 5.74) is 5.11. The maximum Gasteiger partial charge on any atom is 0.0799 e. The van der Waals surface area contributed by atoms with Crippen LogP contribution in [0.4, 0.5) is 0 Å². The van der Waals surface area contributed by atoms with Gasteiger partial charge in [0.05, 0.1) is 13.8 Å². The van der Waals surface area contributed by atoms with Crippen molar-refractivity contribution in [1.29, 1.82) is 0 Å². The highest BCUT2D eigenvalue weighted by molar-refractivity contribution is 6.89. The van der Waals surface area contributed by atoms with Gasteiger partial charge in [-0.1, -0.05) is 63.3 Å². The van der Waals surface area contributed by atoms with E-state index in [1.165, 1.54) is 28.3 Å². The Labute approximate surface area is 130 Å². The molecule has 1 unspecified atom stereocenters. The second kappa shape index (κ2) is 6.14. The SMILES string of the molecule is CCC(C)c1cc(-c2ccc(C)cc2)ncc1[Si](C)(C)C. The van der Waals surface area contributed by atoms with Crippen LogP contribution < -0.4 is 5.19 Å². The molecule has 0 N–H and O–H groups in total. The van der Waals surface area contributed by atoms with E-state index >= 15 is 0 Å². The van der Waals surface area contributed by atoms with Crippen molar-refractivity contribution in [3.63, 3.8) is 0 Å². The normalized spacial score (nSPS) is 13.2. The van der Waals surface area contributed by atoms with Gasteiger partial charge in [-0.25, -0.2) is 0 Å². The molecule has 1 atom stereocenters. The Morgan fingerprint density at radius 3 is 2.24 bits per heavy atom. The van der Waals surface area contributed by atoms with Crippen molar-refractivity contribution in [2.24, 2.45) is 0 Å². The number of benzene rings is 1. The number of hydrogen-bond acceptors (Lipinski definition) is 1. The Bertz CT molecular complexity index is 608. The van der Waals surface area contributed by atoms with Crippen LogP contribution in [0.15, 0.2) is 36.5 Å². The Morgan fingerprint density at radius 1 is 1.10 bits per heavy atom. The summed E-state index contributed by atoms with van der Waals surface area (Å²) in [6.45, 7) is 13.9. The van der Waals surface area contributed by atoms with Gasteiger partial charge < -0.3 is 0 Å². The minimum Gasteiger partial charge on any atom is -0.256 e. The van der Waals surface area contributed by atoms with Crippen molar-refractivity contribution in [3.05, 3.63) is 47.7 Å². The minimum atomic E-state index is -1.35. The molecule has 1 heterocycles. The van der Waals surface area contributed by atoms with Crippen LogP contribution in [-0.4, -0.2) is 13.1 Å². The van der Waals surface area contributed by atoms with E-state index in [1.807, 2.05) is 0 Å². The second-order valence-electron chi connectivity index (χ2n) is 7.08. The molecule has 1 aromatic heterocycles. The highest BCUT2D eigenvalue weighted by Gasteiger charge is 2.23. The lowest BCUT2D eigenvalue weighted by atomic mass is 9.97. The zero-order valence-corrected chi connectivity index (χ0v) is 15.2. The van der Waals surface area contributed by atoms with E-state index in [1.54, 1.807) is 0 Å². The molecule has 1 nitrogen and oxygen atoms in total.